The molecule has 1 aromatic rings. The number of hydrogen-bond donors (Lipinski definition) is 2. The van der Waals surface area contributed by atoms with Gasteiger partial charge in [0, 0.05) is 13.1 Å². The van der Waals surface area contributed by atoms with Gasteiger partial charge in [-0.25, -0.2) is 15.0 Å². The highest BCUT2D eigenvalue weighted by molar-refractivity contribution is 5.81. The van der Waals surface area contributed by atoms with Gasteiger partial charge in [-0.3, -0.25) is 4.79 Å². The van der Waals surface area contributed by atoms with Crippen LogP contribution in [0.4, 0.5) is 19.0 Å². The first-order valence-electron chi connectivity index (χ1n) is 9.45. The third-order valence-corrected chi connectivity index (χ3v) is 4.19. The van der Waals surface area contributed by atoms with Crippen molar-refractivity contribution in [3.8, 4) is 17.3 Å². The molecular weight excluding hydrogens is 401 g/mol. The number of aromatic nitrogens is 4. The summed E-state index contributed by atoms with van der Waals surface area (Å²) in [5, 5.41) is 5.05. The minimum Gasteiger partial charge on any atom is -0.372 e. The molecule has 0 bridgehead atoms. The van der Waals surface area contributed by atoms with Crippen molar-refractivity contribution in [2.45, 2.75) is 31.9 Å². The largest absolute Gasteiger partial charge is 0.471 e. The van der Waals surface area contributed by atoms with Crippen LogP contribution in [0.15, 0.2) is 43.0 Å². The molecule has 3 rings (SSSR count). The summed E-state index contributed by atoms with van der Waals surface area (Å²) >= 11 is 0. The van der Waals surface area contributed by atoms with Crippen LogP contribution in [0, 0.1) is 0 Å². The normalized spacial score (nSPS) is 11.4. The summed E-state index contributed by atoms with van der Waals surface area (Å²) in [5.74, 6) is -0.155. The van der Waals surface area contributed by atoms with Gasteiger partial charge in [0.2, 0.25) is 5.82 Å². The molecule has 0 fully saturated rings. The van der Waals surface area contributed by atoms with Crippen molar-refractivity contribution in [3.05, 3.63) is 43.0 Å². The first-order chi connectivity index (χ1) is 14.4. The number of amides is 1. The minimum atomic E-state index is -4.83. The Morgan fingerprint density at radius 3 is 2.47 bits per heavy atom. The Bertz CT molecular complexity index is 916. The van der Waals surface area contributed by atoms with Crippen LogP contribution >= 0.6 is 0 Å². The van der Waals surface area contributed by atoms with Crippen LogP contribution in [-0.2, 0) is 4.79 Å². The predicted octanol–water partition coefficient (Wildman–Crippen LogP) is 3.27. The Labute approximate surface area is 170 Å². The maximum Gasteiger partial charge on any atom is 0.471 e. The van der Waals surface area contributed by atoms with Gasteiger partial charge < -0.3 is 15.5 Å². The van der Waals surface area contributed by atoms with E-state index in [0.29, 0.717) is 42.5 Å². The molecule has 0 unspecified atom stereocenters. The number of alkyl halides is 3. The molecule has 0 aliphatic carbocycles. The second-order valence-corrected chi connectivity index (χ2v) is 6.46. The number of imidazole rings is 1. The number of nitrogens with one attached hydrogen (secondary N) is 2. The fraction of sp³-hybridized carbons (Fsp3) is 0.368. The lowest BCUT2D eigenvalue weighted by Gasteiger charge is -2.14. The summed E-state index contributed by atoms with van der Waals surface area (Å²) in [7, 11) is 0. The second kappa shape index (κ2) is 9.90. The monoisotopic (exact) mass is 422 g/mol. The van der Waals surface area contributed by atoms with Crippen LogP contribution in [0.25, 0.3) is 11.5 Å². The summed E-state index contributed by atoms with van der Waals surface area (Å²) < 4.78 is 37.6. The molecule has 0 atom stereocenters. The third kappa shape index (κ3) is 5.82. The molecule has 0 saturated carbocycles. The molecule has 1 aromatic carbocycles. The zero-order chi connectivity index (χ0) is 21.4. The van der Waals surface area contributed by atoms with E-state index >= 15 is 0 Å². The summed E-state index contributed by atoms with van der Waals surface area (Å²) in [5.41, 5.74) is 0.572. The topological polar surface area (TPSA) is 94.0 Å². The number of fused-ring (bicyclic) bond motifs is 1. The summed E-state index contributed by atoms with van der Waals surface area (Å²) in [4.78, 5) is 29.2. The lowest BCUT2D eigenvalue weighted by Crippen LogP contribution is -2.37. The van der Waals surface area contributed by atoms with Crippen molar-refractivity contribution >= 4 is 11.7 Å². The smallest absolute Gasteiger partial charge is 0.372 e. The Hall–Kier alpha value is -3.37. The van der Waals surface area contributed by atoms with E-state index in [1.54, 1.807) is 0 Å². The van der Waals surface area contributed by atoms with Gasteiger partial charge in [-0.2, -0.15) is 13.2 Å². The number of para-hydroxylation sites is 1. The van der Waals surface area contributed by atoms with Crippen molar-refractivity contribution < 1.29 is 22.8 Å². The van der Waals surface area contributed by atoms with Crippen molar-refractivity contribution in [3.63, 3.8) is 0 Å². The zero-order valence-electron chi connectivity index (χ0n) is 16.0. The van der Waals surface area contributed by atoms with Crippen molar-refractivity contribution in [1.82, 2.24) is 25.0 Å². The molecule has 0 spiro atoms. The van der Waals surface area contributed by atoms with Gasteiger partial charge in [0.15, 0.2) is 17.3 Å². The Balaban J connectivity index is 1.41. The summed E-state index contributed by atoms with van der Waals surface area (Å²) in [6.45, 7) is 0.630. The first kappa shape index (κ1) is 21.3. The van der Waals surface area contributed by atoms with Gasteiger partial charge in [0.25, 0.3) is 0 Å². The molecule has 30 heavy (non-hydrogen) atoms. The van der Waals surface area contributed by atoms with E-state index in [-0.39, 0.29) is 6.54 Å². The maximum absolute atomic E-state index is 12.1. The van der Waals surface area contributed by atoms with Crippen LogP contribution in [-0.4, -0.2) is 44.9 Å². The van der Waals surface area contributed by atoms with E-state index in [2.05, 4.69) is 20.3 Å². The number of carbonyl (C=O) groups is 1. The van der Waals surface area contributed by atoms with Gasteiger partial charge in [-0.1, -0.05) is 31.0 Å². The maximum atomic E-state index is 12.1. The first-order valence-corrected chi connectivity index (χ1v) is 9.45. The van der Waals surface area contributed by atoms with Gasteiger partial charge >= 0.3 is 12.1 Å². The molecular formula is C19H21F3N6O2. The molecule has 2 heterocycles. The molecule has 1 amide bonds. The van der Waals surface area contributed by atoms with E-state index < -0.39 is 12.1 Å². The van der Waals surface area contributed by atoms with Gasteiger partial charge in [-0.15, -0.1) is 4.73 Å². The van der Waals surface area contributed by atoms with Crippen LogP contribution in [0.2, 0.25) is 0 Å². The number of hydrogen-bond acceptors (Lipinski definition) is 6. The highest BCUT2D eigenvalue weighted by atomic mass is 19.4. The third-order valence-electron chi connectivity index (χ3n) is 4.19. The number of carbonyl (C=O) groups excluding carboxylic acids is 1. The minimum absolute atomic E-state index is 0.0111. The molecule has 2 aliphatic heterocycles. The van der Waals surface area contributed by atoms with E-state index in [9.17, 15) is 18.0 Å². The quantitative estimate of drug-likeness (QED) is 0.487. The molecule has 160 valence electrons. The Morgan fingerprint density at radius 2 is 1.73 bits per heavy atom. The number of nitrogens with zero attached hydrogens (tertiary/aromatic N) is 4. The SMILES string of the molecule is O=C(NCCCCCCNc1ncn(Oc2ccccc2)c2ncnc1-2)C(F)(F)F. The van der Waals surface area contributed by atoms with Crippen molar-refractivity contribution in [1.29, 1.82) is 0 Å². The lowest BCUT2D eigenvalue weighted by molar-refractivity contribution is -0.173. The van der Waals surface area contributed by atoms with Gasteiger partial charge in [0.05, 0.1) is 0 Å². The predicted molar refractivity (Wildman–Crippen MR) is 103 cm³/mol. The number of rotatable bonds is 10. The van der Waals surface area contributed by atoms with Crippen LogP contribution in [0.3, 0.4) is 0 Å². The Kier molecular flexibility index (Phi) is 7.04. The Morgan fingerprint density at radius 1 is 1.00 bits per heavy atom. The zero-order valence-corrected chi connectivity index (χ0v) is 16.0. The average Bonchev–Trinajstić information content (AvgIpc) is 3.22. The van der Waals surface area contributed by atoms with Crippen LogP contribution < -0.4 is 15.5 Å². The van der Waals surface area contributed by atoms with Gasteiger partial charge in [-0.05, 0) is 25.0 Å². The molecule has 2 N–H and O–H groups in total. The van der Waals surface area contributed by atoms with E-state index in [1.807, 2.05) is 35.6 Å². The van der Waals surface area contributed by atoms with Crippen LogP contribution in [0.1, 0.15) is 25.7 Å². The lowest BCUT2D eigenvalue weighted by atomic mass is 10.2. The number of unbranched alkanes of at least 4 members (excludes halogenated alkanes) is 3. The standard InChI is InChI=1S/C19H21F3N6O2/c20-19(21,22)18(29)24-11-7-2-1-6-10-23-16-15-17(26-12-25-15)28(13-27-16)30-14-8-4-3-5-9-14/h3-5,8-9,12-13,23H,1-2,6-7,10-11H2,(H,24,29). The number of halogens is 3. The van der Waals surface area contributed by atoms with Crippen LogP contribution in [0.5, 0.6) is 5.75 Å². The molecule has 11 heteroatoms. The fourth-order valence-electron chi connectivity index (χ4n) is 2.72. The fourth-order valence-corrected chi connectivity index (χ4v) is 2.72. The second-order valence-electron chi connectivity index (χ2n) is 6.46. The molecule has 0 radical (unpaired) electrons. The number of anilines is 1. The van der Waals surface area contributed by atoms with E-state index in [1.165, 1.54) is 17.4 Å². The highest BCUT2D eigenvalue weighted by Crippen LogP contribution is 2.24. The summed E-state index contributed by atoms with van der Waals surface area (Å²) in [6, 6.07) is 9.24. The molecule has 0 saturated heterocycles. The van der Waals surface area contributed by atoms with Crippen molar-refractivity contribution in [2.75, 3.05) is 18.4 Å². The van der Waals surface area contributed by atoms with Gasteiger partial charge in [0.1, 0.15) is 12.7 Å². The molecule has 2 aliphatic rings. The average molecular weight is 422 g/mol. The van der Waals surface area contributed by atoms with E-state index in [0.717, 1.165) is 12.8 Å². The summed E-state index contributed by atoms with van der Waals surface area (Å²) in [6.07, 6.45) is 0.896. The molecule has 0 aromatic heterocycles. The highest BCUT2D eigenvalue weighted by Gasteiger charge is 2.38. The molecule has 8 nitrogen and oxygen atoms in total. The van der Waals surface area contributed by atoms with Crippen molar-refractivity contribution in [2.24, 2.45) is 0 Å². The van der Waals surface area contributed by atoms with E-state index in [4.69, 9.17) is 4.84 Å². The number of benzene rings is 1.